The van der Waals surface area contributed by atoms with Crippen molar-refractivity contribution in [2.75, 3.05) is 26.2 Å². The van der Waals surface area contributed by atoms with Gasteiger partial charge in [-0.2, -0.15) is 13.2 Å². The number of rotatable bonds is 3. The monoisotopic (exact) mass is 449 g/mol. The van der Waals surface area contributed by atoms with Crippen molar-refractivity contribution in [2.24, 2.45) is 16.8 Å². The predicted molar refractivity (Wildman–Crippen MR) is 89.9 cm³/mol. The summed E-state index contributed by atoms with van der Waals surface area (Å²) >= 11 is 0. The summed E-state index contributed by atoms with van der Waals surface area (Å²) in [6.07, 6.45) is -4.29. The van der Waals surface area contributed by atoms with Gasteiger partial charge in [0.05, 0.1) is 18.8 Å². The normalized spacial score (nSPS) is 34.3. The van der Waals surface area contributed by atoms with E-state index < -0.39 is 18.8 Å². The van der Waals surface area contributed by atoms with Crippen LogP contribution in [0.3, 0.4) is 0 Å². The molecule has 0 radical (unpaired) electrons. The number of aliphatic imine (C=N–C) groups is 1. The van der Waals surface area contributed by atoms with E-state index in [1.807, 2.05) is 11.8 Å². The van der Waals surface area contributed by atoms with Crippen LogP contribution in [-0.4, -0.2) is 66.6 Å². The minimum absolute atomic E-state index is 0. The number of nitrogens with zero attached hydrogens (tertiary/aromatic N) is 2. The van der Waals surface area contributed by atoms with E-state index in [1.54, 1.807) is 0 Å². The van der Waals surface area contributed by atoms with Gasteiger partial charge in [0.1, 0.15) is 0 Å². The van der Waals surface area contributed by atoms with Crippen molar-refractivity contribution < 1.29 is 23.0 Å². The van der Waals surface area contributed by atoms with E-state index in [2.05, 4.69) is 10.3 Å². The summed E-state index contributed by atoms with van der Waals surface area (Å²) in [5, 5.41) is 12.1. The molecule has 2 N–H and O–H groups in total. The van der Waals surface area contributed by atoms with Crippen LogP contribution in [0, 0.1) is 11.8 Å². The lowest BCUT2D eigenvalue weighted by Crippen LogP contribution is -2.42. The molecule has 0 aromatic carbocycles. The van der Waals surface area contributed by atoms with E-state index in [-0.39, 0.29) is 24.0 Å². The van der Waals surface area contributed by atoms with Gasteiger partial charge in [0.25, 0.3) is 0 Å². The first-order valence-electron chi connectivity index (χ1n) is 7.83. The van der Waals surface area contributed by atoms with Crippen LogP contribution in [0.15, 0.2) is 4.99 Å². The molecule has 3 fully saturated rings. The number of guanidine groups is 1. The molecule has 0 aliphatic carbocycles. The minimum atomic E-state index is -4.63. The predicted octanol–water partition coefficient (Wildman–Crippen LogP) is 1.60. The number of alkyl halides is 3. The number of likely N-dealkylation sites (tertiary alicyclic amines) is 1. The molecule has 0 amide bonds. The second kappa shape index (κ2) is 7.30. The van der Waals surface area contributed by atoms with Crippen LogP contribution in [0.5, 0.6) is 0 Å². The number of aliphatic hydroxyl groups excluding tert-OH is 1. The van der Waals surface area contributed by atoms with Gasteiger partial charge in [-0.3, -0.25) is 4.99 Å². The highest BCUT2D eigenvalue weighted by Gasteiger charge is 2.53. The Hall–Kier alpha value is -0.290. The quantitative estimate of drug-likeness (QED) is 0.391. The third-order valence-corrected chi connectivity index (χ3v) is 4.88. The average Bonchev–Trinajstić information content (AvgIpc) is 3.12. The minimum Gasteiger partial charge on any atom is -0.382 e. The van der Waals surface area contributed by atoms with Gasteiger partial charge in [-0.05, 0) is 19.8 Å². The summed E-state index contributed by atoms with van der Waals surface area (Å²) < 4.78 is 43.1. The second-order valence-corrected chi connectivity index (χ2v) is 6.28. The Kier molecular flexibility index (Phi) is 6.04. The van der Waals surface area contributed by atoms with Gasteiger partial charge in [-0.15, -0.1) is 24.0 Å². The van der Waals surface area contributed by atoms with Crippen molar-refractivity contribution in [3.05, 3.63) is 0 Å². The van der Waals surface area contributed by atoms with Crippen LogP contribution in [-0.2, 0) is 4.74 Å². The summed E-state index contributed by atoms with van der Waals surface area (Å²) in [5.74, 6) is 1.37. The van der Waals surface area contributed by atoms with E-state index in [0.717, 1.165) is 25.9 Å². The van der Waals surface area contributed by atoms with Crippen molar-refractivity contribution in [3.8, 4) is 0 Å². The molecule has 0 spiro atoms. The van der Waals surface area contributed by atoms with Crippen LogP contribution in [0.2, 0.25) is 0 Å². The number of fused-ring (bicyclic) bond motifs is 5. The van der Waals surface area contributed by atoms with Gasteiger partial charge in [0.2, 0.25) is 0 Å². The molecule has 134 valence electrons. The van der Waals surface area contributed by atoms with Gasteiger partial charge in [-0.1, -0.05) is 0 Å². The fourth-order valence-corrected chi connectivity index (χ4v) is 3.84. The van der Waals surface area contributed by atoms with Crippen molar-refractivity contribution in [1.29, 1.82) is 0 Å². The van der Waals surface area contributed by atoms with Gasteiger partial charge >= 0.3 is 6.18 Å². The molecule has 2 bridgehead atoms. The van der Waals surface area contributed by atoms with Gasteiger partial charge < -0.3 is 20.1 Å². The zero-order valence-corrected chi connectivity index (χ0v) is 15.3. The van der Waals surface area contributed by atoms with Gasteiger partial charge in [0, 0.05) is 31.5 Å². The molecule has 0 saturated carbocycles. The van der Waals surface area contributed by atoms with Crippen molar-refractivity contribution >= 4 is 29.9 Å². The van der Waals surface area contributed by atoms with Crippen molar-refractivity contribution in [2.45, 2.75) is 44.3 Å². The molecular weight excluding hydrogens is 426 g/mol. The molecule has 9 heteroatoms. The topological polar surface area (TPSA) is 57.1 Å². The molecule has 3 heterocycles. The highest BCUT2D eigenvalue weighted by atomic mass is 127. The molecule has 5 nitrogen and oxygen atoms in total. The van der Waals surface area contributed by atoms with E-state index in [1.165, 1.54) is 0 Å². The zero-order valence-electron chi connectivity index (χ0n) is 12.9. The number of nitrogens with one attached hydrogen (secondary N) is 1. The SMILES string of the molecule is CCNC(=NCC(O)C(F)(F)F)N1CC2C3CCC(O3)C2C1.I. The third kappa shape index (κ3) is 3.87. The molecule has 3 rings (SSSR count). The molecule has 3 aliphatic heterocycles. The maximum Gasteiger partial charge on any atom is 0.416 e. The van der Waals surface area contributed by atoms with E-state index in [0.29, 0.717) is 36.5 Å². The second-order valence-electron chi connectivity index (χ2n) is 6.28. The summed E-state index contributed by atoms with van der Waals surface area (Å²) in [7, 11) is 0. The summed E-state index contributed by atoms with van der Waals surface area (Å²) in [5.41, 5.74) is 0. The summed E-state index contributed by atoms with van der Waals surface area (Å²) in [4.78, 5) is 5.99. The Balaban J connectivity index is 0.00000192. The Morgan fingerprint density at radius 3 is 2.35 bits per heavy atom. The highest BCUT2D eigenvalue weighted by Crippen LogP contribution is 2.47. The Morgan fingerprint density at radius 2 is 1.87 bits per heavy atom. The van der Waals surface area contributed by atoms with Crippen LogP contribution in [0.25, 0.3) is 0 Å². The van der Waals surface area contributed by atoms with E-state index in [4.69, 9.17) is 9.84 Å². The zero-order chi connectivity index (χ0) is 15.9. The number of hydrogen-bond acceptors (Lipinski definition) is 3. The fraction of sp³-hybridized carbons (Fsp3) is 0.929. The first-order chi connectivity index (χ1) is 10.4. The summed E-state index contributed by atoms with van der Waals surface area (Å²) in [6, 6.07) is 0. The van der Waals surface area contributed by atoms with E-state index in [9.17, 15) is 13.2 Å². The van der Waals surface area contributed by atoms with Gasteiger partial charge in [-0.25, -0.2) is 0 Å². The molecule has 0 aromatic rings. The average molecular weight is 449 g/mol. The summed E-state index contributed by atoms with van der Waals surface area (Å²) in [6.45, 7) is 3.32. The van der Waals surface area contributed by atoms with Gasteiger partial charge in [0.15, 0.2) is 12.1 Å². The Bertz CT molecular complexity index is 431. The highest BCUT2D eigenvalue weighted by molar-refractivity contribution is 14.0. The van der Waals surface area contributed by atoms with Crippen LogP contribution < -0.4 is 5.32 Å². The number of aliphatic hydroxyl groups is 1. The van der Waals surface area contributed by atoms with Crippen LogP contribution >= 0.6 is 24.0 Å². The van der Waals surface area contributed by atoms with Crippen molar-refractivity contribution in [1.82, 2.24) is 10.2 Å². The number of ether oxygens (including phenoxy) is 1. The molecule has 3 aliphatic rings. The maximum atomic E-state index is 12.4. The Labute approximate surface area is 150 Å². The number of halogens is 4. The lowest BCUT2D eigenvalue weighted by atomic mass is 9.82. The fourth-order valence-electron chi connectivity index (χ4n) is 3.84. The number of hydrogen-bond donors (Lipinski definition) is 2. The smallest absolute Gasteiger partial charge is 0.382 e. The van der Waals surface area contributed by atoms with Crippen LogP contribution in [0.1, 0.15) is 19.8 Å². The largest absolute Gasteiger partial charge is 0.416 e. The standard InChI is InChI=1S/C14H22F3N3O2.HI/c1-2-18-13(19-5-12(21)14(15,16)17)20-6-8-9(7-20)11-4-3-10(8)22-11;/h8-12,21H,2-7H2,1H3,(H,18,19);1H. The van der Waals surface area contributed by atoms with Crippen molar-refractivity contribution in [3.63, 3.8) is 0 Å². The molecule has 23 heavy (non-hydrogen) atoms. The lowest BCUT2D eigenvalue weighted by Gasteiger charge is -2.24. The maximum absolute atomic E-state index is 12.4. The third-order valence-electron chi connectivity index (χ3n) is 4.88. The van der Waals surface area contributed by atoms with E-state index >= 15 is 0 Å². The molecule has 3 saturated heterocycles. The first kappa shape index (κ1) is 19.0. The lowest BCUT2D eigenvalue weighted by molar-refractivity contribution is -0.199. The first-order valence-corrected chi connectivity index (χ1v) is 7.83. The molecule has 0 aromatic heterocycles. The molecular formula is C14H23F3IN3O2. The molecule has 5 atom stereocenters. The van der Waals surface area contributed by atoms with Crippen LogP contribution in [0.4, 0.5) is 13.2 Å². The molecule has 5 unspecified atom stereocenters. The Morgan fingerprint density at radius 1 is 1.30 bits per heavy atom.